The number of hydrogen-bond acceptors (Lipinski definition) is 4. The predicted octanol–water partition coefficient (Wildman–Crippen LogP) is 2.00. The second kappa shape index (κ2) is 12.5. The molecule has 1 aromatic carbocycles. The molecule has 0 amide bonds. The Bertz CT molecular complexity index is 667. The highest BCUT2D eigenvalue weighted by Crippen LogP contribution is 2.10. The summed E-state index contributed by atoms with van der Waals surface area (Å²) in [4.78, 5) is 6.91. The summed E-state index contributed by atoms with van der Waals surface area (Å²) in [6.45, 7) is 11.1. The standard InChI is InChI=1S/C18H33N5O2S.HI/c1-14(2)23(15(3)4)12-11-21-18(19-5)22-13-16-7-9-17(10-8-16)26(24,25)20-6;/h7-10,14-15,20H,11-13H2,1-6H3,(H2,19,21,22);1H. The van der Waals surface area contributed by atoms with Crippen LogP contribution in [0.3, 0.4) is 0 Å². The van der Waals surface area contributed by atoms with Gasteiger partial charge in [-0.2, -0.15) is 0 Å². The Labute approximate surface area is 181 Å². The molecule has 1 rings (SSSR count). The summed E-state index contributed by atoms with van der Waals surface area (Å²) in [6, 6.07) is 7.79. The van der Waals surface area contributed by atoms with Crippen LogP contribution < -0.4 is 15.4 Å². The lowest BCUT2D eigenvalue weighted by atomic mass is 10.2. The van der Waals surface area contributed by atoms with E-state index in [1.807, 2.05) is 0 Å². The minimum absolute atomic E-state index is 0. The molecule has 0 bridgehead atoms. The van der Waals surface area contributed by atoms with E-state index >= 15 is 0 Å². The van der Waals surface area contributed by atoms with Crippen LogP contribution in [0.15, 0.2) is 34.2 Å². The lowest BCUT2D eigenvalue weighted by Crippen LogP contribution is -2.45. The van der Waals surface area contributed by atoms with Gasteiger partial charge in [0.15, 0.2) is 5.96 Å². The van der Waals surface area contributed by atoms with Crippen molar-refractivity contribution in [1.82, 2.24) is 20.3 Å². The highest BCUT2D eigenvalue weighted by Gasteiger charge is 2.13. The Morgan fingerprint density at radius 2 is 1.63 bits per heavy atom. The van der Waals surface area contributed by atoms with Crippen molar-refractivity contribution < 1.29 is 8.42 Å². The minimum Gasteiger partial charge on any atom is -0.355 e. The number of halogens is 1. The third-order valence-electron chi connectivity index (χ3n) is 4.17. The number of guanidine groups is 1. The highest BCUT2D eigenvalue weighted by molar-refractivity contribution is 14.0. The fraction of sp³-hybridized carbons (Fsp3) is 0.611. The smallest absolute Gasteiger partial charge is 0.240 e. The van der Waals surface area contributed by atoms with Crippen LogP contribution in [0.1, 0.15) is 33.3 Å². The van der Waals surface area contributed by atoms with Crippen molar-refractivity contribution in [3.05, 3.63) is 29.8 Å². The lowest BCUT2D eigenvalue weighted by molar-refractivity contribution is 0.178. The van der Waals surface area contributed by atoms with Crippen molar-refractivity contribution in [2.75, 3.05) is 27.2 Å². The normalized spacial score (nSPS) is 12.4. The molecule has 0 heterocycles. The van der Waals surface area contributed by atoms with Crippen LogP contribution in [0, 0.1) is 0 Å². The van der Waals surface area contributed by atoms with Gasteiger partial charge in [-0.3, -0.25) is 9.89 Å². The van der Waals surface area contributed by atoms with Gasteiger partial charge in [0.1, 0.15) is 0 Å². The largest absolute Gasteiger partial charge is 0.355 e. The van der Waals surface area contributed by atoms with E-state index in [1.165, 1.54) is 7.05 Å². The second-order valence-electron chi connectivity index (χ2n) is 6.63. The van der Waals surface area contributed by atoms with Crippen molar-refractivity contribution in [3.8, 4) is 0 Å². The molecule has 1 aromatic rings. The van der Waals surface area contributed by atoms with E-state index in [2.05, 4.69) is 52.9 Å². The Balaban J connectivity index is 0.00000676. The molecular weight excluding hydrogens is 477 g/mol. The Hall–Kier alpha value is -0.910. The Morgan fingerprint density at radius 3 is 2.07 bits per heavy atom. The molecule has 0 radical (unpaired) electrons. The molecule has 0 unspecified atom stereocenters. The van der Waals surface area contributed by atoms with Crippen molar-refractivity contribution in [1.29, 1.82) is 0 Å². The first-order valence-corrected chi connectivity index (χ1v) is 10.4. The molecular formula is C18H34IN5O2S. The van der Waals surface area contributed by atoms with Crippen LogP contribution in [0.4, 0.5) is 0 Å². The number of nitrogens with zero attached hydrogens (tertiary/aromatic N) is 2. The van der Waals surface area contributed by atoms with Gasteiger partial charge in [-0.1, -0.05) is 12.1 Å². The summed E-state index contributed by atoms with van der Waals surface area (Å²) >= 11 is 0. The van der Waals surface area contributed by atoms with Gasteiger partial charge in [0.2, 0.25) is 10.0 Å². The maximum Gasteiger partial charge on any atom is 0.240 e. The molecule has 0 saturated carbocycles. The molecule has 0 saturated heterocycles. The van der Waals surface area contributed by atoms with E-state index in [1.54, 1.807) is 31.3 Å². The van der Waals surface area contributed by atoms with Crippen LogP contribution >= 0.6 is 24.0 Å². The van der Waals surface area contributed by atoms with Crippen LogP contribution in [0.2, 0.25) is 0 Å². The average molecular weight is 511 g/mol. The first-order valence-electron chi connectivity index (χ1n) is 8.94. The molecule has 0 fully saturated rings. The monoisotopic (exact) mass is 511 g/mol. The maximum absolute atomic E-state index is 11.7. The molecule has 156 valence electrons. The third kappa shape index (κ3) is 8.75. The number of aliphatic imine (C=N–C) groups is 1. The van der Waals surface area contributed by atoms with Gasteiger partial charge in [0.05, 0.1) is 4.90 Å². The summed E-state index contributed by atoms with van der Waals surface area (Å²) in [5, 5.41) is 6.56. The lowest BCUT2D eigenvalue weighted by Gasteiger charge is -2.30. The predicted molar refractivity (Wildman–Crippen MR) is 123 cm³/mol. The summed E-state index contributed by atoms with van der Waals surface area (Å²) in [5.74, 6) is 0.726. The van der Waals surface area contributed by atoms with Crippen molar-refractivity contribution in [3.63, 3.8) is 0 Å². The topological polar surface area (TPSA) is 85.8 Å². The molecule has 9 heteroatoms. The molecule has 0 aromatic heterocycles. The fourth-order valence-electron chi connectivity index (χ4n) is 2.73. The number of benzene rings is 1. The zero-order valence-corrected chi connectivity index (χ0v) is 20.3. The van der Waals surface area contributed by atoms with E-state index < -0.39 is 10.0 Å². The molecule has 0 aliphatic heterocycles. The summed E-state index contributed by atoms with van der Waals surface area (Å²) in [7, 11) is -0.257. The van der Waals surface area contributed by atoms with E-state index in [-0.39, 0.29) is 28.9 Å². The van der Waals surface area contributed by atoms with Gasteiger partial charge < -0.3 is 10.6 Å². The summed E-state index contributed by atoms with van der Waals surface area (Å²) < 4.78 is 25.8. The highest BCUT2D eigenvalue weighted by atomic mass is 127. The second-order valence-corrected chi connectivity index (χ2v) is 8.52. The van der Waals surface area contributed by atoms with E-state index in [0.29, 0.717) is 18.6 Å². The molecule has 0 atom stereocenters. The fourth-order valence-corrected chi connectivity index (χ4v) is 3.46. The molecule has 0 aliphatic carbocycles. The number of rotatable bonds is 9. The van der Waals surface area contributed by atoms with Gasteiger partial charge >= 0.3 is 0 Å². The average Bonchev–Trinajstić information content (AvgIpc) is 2.60. The van der Waals surface area contributed by atoms with Crippen molar-refractivity contribution >= 4 is 40.0 Å². The molecule has 0 aliphatic rings. The number of sulfonamides is 1. The van der Waals surface area contributed by atoms with Crippen LogP contribution in [0.25, 0.3) is 0 Å². The van der Waals surface area contributed by atoms with Crippen LogP contribution in [-0.2, 0) is 16.6 Å². The van der Waals surface area contributed by atoms with E-state index in [9.17, 15) is 8.42 Å². The SMILES string of the molecule is CN=C(NCCN(C(C)C)C(C)C)NCc1ccc(S(=O)(=O)NC)cc1.I. The van der Waals surface area contributed by atoms with Gasteiger partial charge in [-0.25, -0.2) is 13.1 Å². The zero-order chi connectivity index (χ0) is 19.7. The van der Waals surface area contributed by atoms with Crippen LogP contribution in [-0.4, -0.2) is 58.5 Å². The van der Waals surface area contributed by atoms with Gasteiger partial charge in [0, 0.05) is 38.8 Å². The molecule has 7 nitrogen and oxygen atoms in total. The van der Waals surface area contributed by atoms with Gasteiger partial charge in [0.25, 0.3) is 0 Å². The number of hydrogen-bond donors (Lipinski definition) is 3. The maximum atomic E-state index is 11.7. The summed E-state index contributed by atoms with van der Waals surface area (Å²) in [5.41, 5.74) is 0.981. The van der Waals surface area contributed by atoms with E-state index in [4.69, 9.17) is 0 Å². The first kappa shape index (κ1) is 26.1. The molecule has 27 heavy (non-hydrogen) atoms. The molecule has 3 N–H and O–H groups in total. The minimum atomic E-state index is -3.40. The van der Waals surface area contributed by atoms with Crippen LogP contribution in [0.5, 0.6) is 0 Å². The van der Waals surface area contributed by atoms with Gasteiger partial charge in [-0.05, 0) is 52.4 Å². The first-order chi connectivity index (χ1) is 12.2. The molecule has 0 spiro atoms. The van der Waals surface area contributed by atoms with Gasteiger partial charge in [-0.15, -0.1) is 24.0 Å². The number of nitrogens with one attached hydrogen (secondary N) is 3. The zero-order valence-electron chi connectivity index (χ0n) is 17.1. The third-order valence-corrected chi connectivity index (χ3v) is 5.61. The Morgan fingerprint density at radius 1 is 1.07 bits per heavy atom. The quantitative estimate of drug-likeness (QED) is 0.268. The van der Waals surface area contributed by atoms with Crippen molar-refractivity contribution in [2.45, 2.75) is 51.2 Å². The van der Waals surface area contributed by atoms with E-state index in [0.717, 1.165) is 24.6 Å². The summed E-state index contributed by atoms with van der Waals surface area (Å²) in [6.07, 6.45) is 0. The van der Waals surface area contributed by atoms with Crippen molar-refractivity contribution in [2.24, 2.45) is 4.99 Å². The Kier molecular flexibility index (Phi) is 12.1.